The topological polar surface area (TPSA) is 49.4 Å². The average molecular weight is 443 g/mol. The Morgan fingerprint density at radius 2 is 1.48 bits per heavy atom. The molecule has 0 bridgehead atoms. The number of nitrogens with zero attached hydrogens (tertiary/aromatic N) is 1. The number of nitrogens with one attached hydrogen (secondary N) is 1. The SMILES string of the molecule is CCNC(=O)[C@H](Cc1ccccc1)N(Cc1ccccc1C)C(=O)Cc1cc(C)cc(C)c1. The molecule has 0 spiro atoms. The molecule has 1 N–H and O–H groups in total. The van der Waals surface area contributed by atoms with Gasteiger partial charge in [-0.25, -0.2) is 0 Å². The van der Waals surface area contributed by atoms with Gasteiger partial charge in [0, 0.05) is 19.5 Å². The number of likely N-dealkylation sites (N-methyl/N-ethyl adjacent to an activating group) is 1. The first-order valence-corrected chi connectivity index (χ1v) is 11.6. The van der Waals surface area contributed by atoms with Gasteiger partial charge in [0.2, 0.25) is 11.8 Å². The Labute approximate surface area is 197 Å². The predicted molar refractivity (Wildman–Crippen MR) is 134 cm³/mol. The predicted octanol–water partition coefficient (Wildman–Crippen LogP) is 4.93. The lowest BCUT2D eigenvalue weighted by atomic mass is 9.99. The van der Waals surface area contributed by atoms with Crippen LogP contribution in [0.4, 0.5) is 0 Å². The zero-order valence-corrected chi connectivity index (χ0v) is 20.1. The summed E-state index contributed by atoms with van der Waals surface area (Å²) in [6, 6.07) is 23.6. The number of hydrogen-bond donors (Lipinski definition) is 1. The van der Waals surface area contributed by atoms with E-state index in [1.54, 1.807) is 4.90 Å². The number of aryl methyl sites for hydroxylation is 3. The molecule has 0 saturated heterocycles. The number of benzene rings is 3. The molecular formula is C29H34N2O2. The van der Waals surface area contributed by atoms with Crippen LogP contribution in [0, 0.1) is 20.8 Å². The van der Waals surface area contributed by atoms with Crippen LogP contribution in [0.3, 0.4) is 0 Å². The standard InChI is InChI=1S/C29H34N2O2/c1-5-30-29(33)27(18-24-12-7-6-8-13-24)31(20-26-14-10-9-11-23(26)4)28(32)19-25-16-21(2)15-22(3)17-25/h6-17,27H,5,18-20H2,1-4H3,(H,30,33)/t27-/m0/s1. The van der Waals surface area contributed by atoms with Gasteiger partial charge in [0.1, 0.15) is 6.04 Å². The van der Waals surface area contributed by atoms with Gasteiger partial charge in [0.05, 0.1) is 6.42 Å². The second-order valence-corrected chi connectivity index (χ2v) is 8.72. The van der Waals surface area contributed by atoms with Crippen molar-refractivity contribution in [2.24, 2.45) is 0 Å². The molecule has 0 radical (unpaired) electrons. The van der Waals surface area contributed by atoms with E-state index in [0.717, 1.165) is 33.4 Å². The Morgan fingerprint density at radius 3 is 2.12 bits per heavy atom. The van der Waals surface area contributed by atoms with Crippen LogP contribution in [0.25, 0.3) is 0 Å². The lowest BCUT2D eigenvalue weighted by molar-refractivity contribution is -0.140. The molecule has 0 aromatic heterocycles. The Balaban J connectivity index is 1.98. The van der Waals surface area contributed by atoms with Gasteiger partial charge in [-0.1, -0.05) is 83.9 Å². The van der Waals surface area contributed by atoms with E-state index in [0.29, 0.717) is 19.5 Å². The highest BCUT2D eigenvalue weighted by atomic mass is 16.2. The van der Waals surface area contributed by atoms with Gasteiger partial charge in [-0.3, -0.25) is 9.59 Å². The van der Waals surface area contributed by atoms with Crippen LogP contribution in [-0.2, 0) is 29.0 Å². The van der Waals surface area contributed by atoms with E-state index in [1.165, 1.54) is 0 Å². The number of amides is 2. The third kappa shape index (κ3) is 6.79. The van der Waals surface area contributed by atoms with Crippen molar-refractivity contribution in [3.05, 3.63) is 106 Å². The molecule has 0 aliphatic rings. The molecule has 172 valence electrons. The highest BCUT2D eigenvalue weighted by Gasteiger charge is 2.30. The Kier molecular flexibility index (Phi) is 8.42. The quantitative estimate of drug-likeness (QED) is 0.511. The van der Waals surface area contributed by atoms with Gasteiger partial charge < -0.3 is 10.2 Å². The van der Waals surface area contributed by atoms with Gasteiger partial charge in [0.25, 0.3) is 0 Å². The van der Waals surface area contributed by atoms with Crippen molar-refractivity contribution in [1.29, 1.82) is 0 Å². The molecule has 0 aliphatic carbocycles. The summed E-state index contributed by atoms with van der Waals surface area (Å²) < 4.78 is 0. The fourth-order valence-electron chi connectivity index (χ4n) is 4.26. The normalized spacial score (nSPS) is 11.6. The Morgan fingerprint density at radius 1 is 0.848 bits per heavy atom. The van der Waals surface area contributed by atoms with Gasteiger partial charge in [-0.15, -0.1) is 0 Å². The summed E-state index contributed by atoms with van der Waals surface area (Å²) in [5.74, 6) is -0.167. The highest BCUT2D eigenvalue weighted by Crippen LogP contribution is 2.19. The van der Waals surface area contributed by atoms with E-state index in [1.807, 2.05) is 82.3 Å². The fraction of sp³-hybridized carbons (Fsp3) is 0.310. The molecule has 3 aromatic rings. The minimum atomic E-state index is -0.592. The summed E-state index contributed by atoms with van der Waals surface area (Å²) in [4.78, 5) is 28.7. The zero-order chi connectivity index (χ0) is 23.8. The van der Waals surface area contributed by atoms with Crippen molar-refractivity contribution in [3.63, 3.8) is 0 Å². The summed E-state index contributed by atoms with van der Waals surface area (Å²) in [5.41, 5.74) is 6.43. The zero-order valence-electron chi connectivity index (χ0n) is 20.1. The maximum Gasteiger partial charge on any atom is 0.243 e. The second kappa shape index (κ2) is 11.5. The first-order chi connectivity index (χ1) is 15.9. The summed E-state index contributed by atoms with van der Waals surface area (Å²) in [5, 5.41) is 2.95. The molecule has 2 amide bonds. The molecule has 0 aliphatic heterocycles. The summed E-state index contributed by atoms with van der Waals surface area (Å²) in [7, 11) is 0. The Bertz CT molecular complexity index is 1070. The van der Waals surface area contributed by atoms with E-state index >= 15 is 0 Å². The largest absolute Gasteiger partial charge is 0.355 e. The maximum absolute atomic E-state index is 13.7. The monoisotopic (exact) mass is 442 g/mol. The van der Waals surface area contributed by atoms with Crippen molar-refractivity contribution >= 4 is 11.8 Å². The summed E-state index contributed by atoms with van der Waals surface area (Å²) in [6.07, 6.45) is 0.732. The third-order valence-electron chi connectivity index (χ3n) is 5.86. The van der Waals surface area contributed by atoms with Gasteiger partial charge in [-0.05, 0) is 49.9 Å². The smallest absolute Gasteiger partial charge is 0.243 e. The van der Waals surface area contributed by atoms with Crippen molar-refractivity contribution in [2.75, 3.05) is 6.54 Å². The van der Waals surface area contributed by atoms with E-state index in [4.69, 9.17) is 0 Å². The van der Waals surface area contributed by atoms with Crippen molar-refractivity contribution in [2.45, 2.75) is 53.1 Å². The molecule has 4 heteroatoms. The van der Waals surface area contributed by atoms with Crippen LogP contribution < -0.4 is 5.32 Å². The number of carbonyl (C=O) groups excluding carboxylic acids is 2. The molecule has 1 atom stereocenters. The van der Waals surface area contributed by atoms with E-state index in [9.17, 15) is 9.59 Å². The molecule has 4 nitrogen and oxygen atoms in total. The minimum Gasteiger partial charge on any atom is -0.355 e. The molecule has 0 unspecified atom stereocenters. The van der Waals surface area contributed by atoms with E-state index in [-0.39, 0.29) is 18.2 Å². The summed E-state index contributed by atoms with van der Waals surface area (Å²) in [6.45, 7) is 8.94. The highest BCUT2D eigenvalue weighted by molar-refractivity contribution is 5.88. The van der Waals surface area contributed by atoms with E-state index < -0.39 is 6.04 Å². The number of rotatable bonds is 9. The molecule has 0 saturated carbocycles. The lowest BCUT2D eigenvalue weighted by Crippen LogP contribution is -2.51. The second-order valence-electron chi connectivity index (χ2n) is 8.72. The number of carbonyl (C=O) groups is 2. The maximum atomic E-state index is 13.7. The molecular weight excluding hydrogens is 408 g/mol. The van der Waals surface area contributed by atoms with E-state index in [2.05, 4.69) is 23.5 Å². The Hall–Kier alpha value is -3.40. The minimum absolute atomic E-state index is 0.0459. The molecule has 0 fully saturated rings. The molecule has 0 heterocycles. The van der Waals surface area contributed by atoms with Gasteiger partial charge in [-0.2, -0.15) is 0 Å². The molecule has 3 aromatic carbocycles. The van der Waals surface area contributed by atoms with Crippen molar-refractivity contribution < 1.29 is 9.59 Å². The van der Waals surface area contributed by atoms with Gasteiger partial charge >= 0.3 is 0 Å². The molecule has 33 heavy (non-hydrogen) atoms. The van der Waals surface area contributed by atoms with Crippen LogP contribution in [0.1, 0.15) is 40.3 Å². The lowest BCUT2D eigenvalue weighted by Gasteiger charge is -2.32. The first kappa shape index (κ1) is 24.2. The third-order valence-corrected chi connectivity index (χ3v) is 5.86. The van der Waals surface area contributed by atoms with Gasteiger partial charge in [0.15, 0.2) is 0 Å². The van der Waals surface area contributed by atoms with Crippen molar-refractivity contribution in [1.82, 2.24) is 10.2 Å². The average Bonchev–Trinajstić information content (AvgIpc) is 2.77. The van der Waals surface area contributed by atoms with Crippen molar-refractivity contribution in [3.8, 4) is 0 Å². The van der Waals surface area contributed by atoms with Crippen LogP contribution >= 0.6 is 0 Å². The number of hydrogen-bond acceptors (Lipinski definition) is 2. The van der Waals surface area contributed by atoms with Crippen LogP contribution in [0.2, 0.25) is 0 Å². The van der Waals surface area contributed by atoms with Crippen LogP contribution in [0.5, 0.6) is 0 Å². The van der Waals surface area contributed by atoms with Crippen LogP contribution in [0.15, 0.2) is 72.8 Å². The summed E-state index contributed by atoms with van der Waals surface area (Å²) >= 11 is 0. The molecule has 3 rings (SSSR count). The first-order valence-electron chi connectivity index (χ1n) is 11.6. The fourth-order valence-corrected chi connectivity index (χ4v) is 4.26. The van der Waals surface area contributed by atoms with Crippen LogP contribution in [-0.4, -0.2) is 29.3 Å².